The van der Waals surface area contributed by atoms with Crippen molar-refractivity contribution in [2.75, 3.05) is 27.0 Å². The summed E-state index contributed by atoms with van der Waals surface area (Å²) in [5.41, 5.74) is 2.88. The molecule has 1 amide bonds. The van der Waals surface area contributed by atoms with Gasteiger partial charge >= 0.3 is 0 Å². The molecule has 0 N–H and O–H groups in total. The molecule has 35 heavy (non-hydrogen) atoms. The highest BCUT2D eigenvalue weighted by atomic mass is 32.1. The first-order chi connectivity index (χ1) is 17.1. The van der Waals surface area contributed by atoms with Crippen molar-refractivity contribution in [3.63, 3.8) is 0 Å². The summed E-state index contributed by atoms with van der Waals surface area (Å²) < 4.78 is 16.3. The Kier molecular flexibility index (Phi) is 7.20. The van der Waals surface area contributed by atoms with Crippen LogP contribution >= 0.6 is 11.3 Å². The monoisotopic (exact) mass is 493 g/mol. The lowest BCUT2D eigenvalue weighted by molar-refractivity contribution is 0.0691. The molecule has 0 aliphatic carbocycles. The minimum Gasteiger partial charge on any atom is -0.497 e. The summed E-state index contributed by atoms with van der Waals surface area (Å²) in [6.07, 6.45) is 2.13. The molecule has 8 heteroatoms. The van der Waals surface area contributed by atoms with Gasteiger partial charge in [-0.3, -0.25) is 9.69 Å². The van der Waals surface area contributed by atoms with Crippen molar-refractivity contribution in [3.8, 4) is 17.2 Å². The van der Waals surface area contributed by atoms with Gasteiger partial charge in [0.15, 0.2) is 11.5 Å². The predicted molar refractivity (Wildman–Crippen MR) is 135 cm³/mol. The zero-order valence-corrected chi connectivity index (χ0v) is 21.1. The third kappa shape index (κ3) is 5.77. The fraction of sp³-hybridized carbons (Fsp3) is 0.407. The van der Waals surface area contributed by atoms with Gasteiger partial charge in [-0.25, -0.2) is 4.98 Å². The van der Waals surface area contributed by atoms with Gasteiger partial charge in [-0.15, -0.1) is 11.3 Å². The van der Waals surface area contributed by atoms with Crippen LogP contribution in [0.5, 0.6) is 17.2 Å². The number of fused-ring (bicyclic) bond motifs is 1. The number of amides is 1. The van der Waals surface area contributed by atoms with Gasteiger partial charge in [0.25, 0.3) is 5.91 Å². The van der Waals surface area contributed by atoms with Crippen LogP contribution in [0.1, 0.15) is 46.4 Å². The maximum atomic E-state index is 13.0. The number of carbonyl (C=O) groups excluding carboxylic acids is 1. The Morgan fingerprint density at radius 3 is 2.54 bits per heavy atom. The third-order valence-electron chi connectivity index (χ3n) is 6.61. The van der Waals surface area contributed by atoms with Crippen molar-refractivity contribution >= 4 is 17.2 Å². The van der Waals surface area contributed by atoms with Crippen LogP contribution < -0.4 is 14.2 Å². The molecule has 0 unspecified atom stereocenters. The number of ether oxygens (including phenoxy) is 3. The van der Waals surface area contributed by atoms with Gasteiger partial charge < -0.3 is 19.1 Å². The molecule has 1 aromatic heterocycles. The summed E-state index contributed by atoms with van der Waals surface area (Å²) in [6, 6.07) is 14.2. The summed E-state index contributed by atoms with van der Waals surface area (Å²) in [5.74, 6) is 3.14. The van der Waals surface area contributed by atoms with Gasteiger partial charge in [0, 0.05) is 31.6 Å². The number of benzene rings is 2. The normalized spacial score (nSPS) is 15.6. The van der Waals surface area contributed by atoms with Crippen LogP contribution in [0.15, 0.2) is 47.8 Å². The summed E-state index contributed by atoms with van der Waals surface area (Å²) in [4.78, 5) is 22.0. The molecule has 0 saturated carbocycles. The first kappa shape index (κ1) is 23.6. The molecule has 1 saturated heterocycles. The Labute approximate surface area is 210 Å². The van der Waals surface area contributed by atoms with Crippen LogP contribution in [-0.2, 0) is 19.6 Å². The maximum Gasteiger partial charge on any atom is 0.273 e. The van der Waals surface area contributed by atoms with Crippen molar-refractivity contribution in [1.82, 2.24) is 14.8 Å². The maximum absolute atomic E-state index is 13.0. The molecule has 1 fully saturated rings. The van der Waals surface area contributed by atoms with Crippen LogP contribution in [0, 0.1) is 5.92 Å². The lowest BCUT2D eigenvalue weighted by Gasteiger charge is -2.29. The van der Waals surface area contributed by atoms with E-state index in [0.717, 1.165) is 66.8 Å². The highest BCUT2D eigenvalue weighted by Gasteiger charge is 2.24. The smallest absolute Gasteiger partial charge is 0.273 e. The Bertz CT molecular complexity index is 1160. The minimum absolute atomic E-state index is 0.0527. The molecule has 7 nitrogen and oxygen atoms in total. The second-order valence-corrected chi connectivity index (χ2v) is 10.2. The van der Waals surface area contributed by atoms with Gasteiger partial charge in [0.1, 0.15) is 16.5 Å². The summed E-state index contributed by atoms with van der Waals surface area (Å²) in [7, 11) is 1.67. The standard InChI is InChI=1S/C27H31N3O4S/c1-19-9-11-30(12-10-19)27(31)23-17-35-26(28-23)16-29(14-20-3-6-22(32-2)7-4-20)15-21-5-8-24-25(13-21)34-18-33-24/h3-8,13,17,19H,9-12,14-16,18H2,1-2H3. The highest BCUT2D eigenvalue weighted by molar-refractivity contribution is 7.09. The van der Waals surface area contributed by atoms with E-state index in [-0.39, 0.29) is 12.7 Å². The Balaban J connectivity index is 1.31. The molecular formula is C27H31N3O4S. The van der Waals surface area contributed by atoms with Gasteiger partial charge in [0.05, 0.1) is 13.7 Å². The van der Waals surface area contributed by atoms with Crippen molar-refractivity contribution < 1.29 is 19.0 Å². The lowest BCUT2D eigenvalue weighted by Crippen LogP contribution is -2.38. The number of rotatable bonds is 8. The number of nitrogens with zero attached hydrogens (tertiary/aromatic N) is 3. The van der Waals surface area contributed by atoms with Crippen LogP contribution in [0.25, 0.3) is 0 Å². The number of aromatic nitrogens is 1. The van der Waals surface area contributed by atoms with E-state index in [2.05, 4.69) is 30.0 Å². The molecule has 2 aliphatic heterocycles. The Morgan fingerprint density at radius 1 is 1.06 bits per heavy atom. The second-order valence-electron chi connectivity index (χ2n) is 9.28. The molecule has 5 rings (SSSR count). The van der Waals surface area contributed by atoms with E-state index in [1.807, 2.05) is 34.5 Å². The van der Waals surface area contributed by atoms with Gasteiger partial charge in [-0.05, 0) is 54.2 Å². The highest BCUT2D eigenvalue weighted by Crippen LogP contribution is 2.33. The van der Waals surface area contributed by atoms with E-state index in [9.17, 15) is 4.79 Å². The van der Waals surface area contributed by atoms with Crippen LogP contribution in [0.2, 0.25) is 0 Å². The van der Waals surface area contributed by atoms with Gasteiger partial charge in [-0.2, -0.15) is 0 Å². The summed E-state index contributed by atoms with van der Waals surface area (Å²) in [6.45, 7) is 6.26. The van der Waals surface area contributed by atoms with Gasteiger partial charge in [-0.1, -0.05) is 25.1 Å². The average Bonchev–Trinajstić information content (AvgIpc) is 3.54. The topological polar surface area (TPSA) is 64.1 Å². The van der Waals surface area contributed by atoms with Crippen molar-refractivity contribution in [2.45, 2.75) is 39.4 Å². The third-order valence-corrected chi connectivity index (χ3v) is 7.44. The SMILES string of the molecule is COc1ccc(CN(Cc2ccc3c(c2)OCO3)Cc2nc(C(=O)N3CCC(C)CC3)cs2)cc1. The number of hydrogen-bond acceptors (Lipinski definition) is 7. The van der Waals surface area contributed by atoms with Crippen LogP contribution in [0.3, 0.4) is 0 Å². The van der Waals surface area contributed by atoms with Crippen molar-refractivity contribution in [3.05, 3.63) is 69.7 Å². The molecule has 2 aliphatic rings. The molecule has 0 radical (unpaired) electrons. The number of hydrogen-bond donors (Lipinski definition) is 0. The van der Waals surface area contributed by atoms with E-state index < -0.39 is 0 Å². The fourth-order valence-electron chi connectivity index (χ4n) is 4.50. The molecule has 0 atom stereocenters. The lowest BCUT2D eigenvalue weighted by atomic mass is 9.99. The van der Waals surface area contributed by atoms with Crippen LogP contribution in [0.4, 0.5) is 0 Å². The van der Waals surface area contributed by atoms with E-state index in [4.69, 9.17) is 19.2 Å². The quantitative estimate of drug-likeness (QED) is 0.442. The molecular weight excluding hydrogens is 462 g/mol. The zero-order chi connectivity index (χ0) is 24.2. The first-order valence-corrected chi connectivity index (χ1v) is 12.9. The minimum atomic E-state index is 0.0527. The first-order valence-electron chi connectivity index (χ1n) is 12.0. The molecule has 184 valence electrons. The zero-order valence-electron chi connectivity index (χ0n) is 20.2. The van der Waals surface area contributed by atoms with Crippen molar-refractivity contribution in [1.29, 1.82) is 0 Å². The number of carbonyl (C=O) groups is 1. The Hall–Kier alpha value is -3.10. The number of methoxy groups -OCH3 is 1. The van der Waals surface area contributed by atoms with E-state index in [1.54, 1.807) is 18.4 Å². The molecule has 2 aromatic carbocycles. The number of piperidine rings is 1. The number of likely N-dealkylation sites (tertiary alicyclic amines) is 1. The summed E-state index contributed by atoms with van der Waals surface area (Å²) in [5, 5.41) is 2.84. The number of thiazole rings is 1. The fourth-order valence-corrected chi connectivity index (χ4v) is 5.31. The molecule has 3 aromatic rings. The molecule has 0 spiro atoms. The predicted octanol–water partition coefficient (Wildman–Crippen LogP) is 4.95. The second kappa shape index (κ2) is 10.7. The van der Waals surface area contributed by atoms with Crippen LogP contribution in [-0.4, -0.2) is 47.7 Å². The molecule has 3 heterocycles. The average molecular weight is 494 g/mol. The summed E-state index contributed by atoms with van der Waals surface area (Å²) >= 11 is 1.55. The molecule has 0 bridgehead atoms. The largest absolute Gasteiger partial charge is 0.497 e. The van der Waals surface area contributed by atoms with E-state index >= 15 is 0 Å². The Morgan fingerprint density at radius 2 is 1.77 bits per heavy atom. The van der Waals surface area contributed by atoms with Gasteiger partial charge in [0.2, 0.25) is 6.79 Å². The van der Waals surface area contributed by atoms with E-state index in [1.165, 1.54) is 5.56 Å². The van der Waals surface area contributed by atoms with E-state index in [0.29, 0.717) is 18.2 Å². The van der Waals surface area contributed by atoms with Crippen molar-refractivity contribution in [2.24, 2.45) is 5.92 Å².